The van der Waals surface area contributed by atoms with Gasteiger partial charge >= 0.3 is 0 Å². The van der Waals surface area contributed by atoms with E-state index in [1.165, 1.54) is 11.3 Å². The summed E-state index contributed by atoms with van der Waals surface area (Å²) in [5, 5.41) is 3.55. The van der Waals surface area contributed by atoms with E-state index in [-0.39, 0.29) is 6.04 Å². The lowest BCUT2D eigenvalue weighted by atomic mass is 10.0. The number of para-hydroxylation sites is 1. The van der Waals surface area contributed by atoms with Crippen molar-refractivity contribution < 1.29 is 9.47 Å². The number of benzene rings is 2. The molecule has 4 heteroatoms. The molecule has 0 fully saturated rings. The third-order valence-corrected chi connectivity index (χ3v) is 4.41. The van der Waals surface area contributed by atoms with Crippen molar-refractivity contribution in [1.82, 2.24) is 0 Å². The van der Waals surface area contributed by atoms with Crippen LogP contribution in [0.15, 0.2) is 40.9 Å². The van der Waals surface area contributed by atoms with Gasteiger partial charge in [0.05, 0.1) is 20.3 Å². The van der Waals surface area contributed by atoms with E-state index in [0.717, 1.165) is 28.0 Å². The van der Waals surface area contributed by atoms with Crippen LogP contribution < -0.4 is 14.8 Å². The largest absolute Gasteiger partial charge is 0.495 e. The molecule has 0 radical (unpaired) electrons. The molecule has 1 unspecified atom stereocenters. The average molecular weight is 334 g/mol. The monoisotopic (exact) mass is 333 g/mol. The van der Waals surface area contributed by atoms with Crippen molar-refractivity contribution in [3.05, 3.63) is 52.0 Å². The van der Waals surface area contributed by atoms with Crippen LogP contribution in [0, 0.1) is 0 Å². The number of halogens is 1. The standard InChI is InChI=1S/C16H16BrNO2/c1-19-14-8-7-11(16(20-2)15(14)17)13-9-10-5-3-4-6-12(10)18-13/h3-8,13,18H,9H2,1-2H3. The lowest BCUT2D eigenvalue weighted by molar-refractivity contribution is 0.384. The Hall–Kier alpha value is -1.68. The van der Waals surface area contributed by atoms with Gasteiger partial charge in [0.1, 0.15) is 16.0 Å². The number of methoxy groups -OCH3 is 2. The Kier molecular flexibility index (Phi) is 3.57. The summed E-state index contributed by atoms with van der Waals surface area (Å²) in [4.78, 5) is 0. The zero-order chi connectivity index (χ0) is 14.1. The first kappa shape index (κ1) is 13.3. The minimum Gasteiger partial charge on any atom is -0.495 e. The van der Waals surface area contributed by atoms with Crippen LogP contribution in [-0.4, -0.2) is 14.2 Å². The Bertz CT molecular complexity index is 617. The van der Waals surface area contributed by atoms with Gasteiger partial charge in [0, 0.05) is 11.3 Å². The smallest absolute Gasteiger partial charge is 0.142 e. The van der Waals surface area contributed by atoms with Crippen molar-refractivity contribution in [2.45, 2.75) is 12.5 Å². The highest BCUT2D eigenvalue weighted by Crippen LogP contribution is 2.43. The van der Waals surface area contributed by atoms with Crippen LogP contribution in [0.4, 0.5) is 5.69 Å². The summed E-state index contributed by atoms with van der Waals surface area (Å²) in [7, 11) is 3.34. The van der Waals surface area contributed by atoms with Gasteiger partial charge in [-0.2, -0.15) is 0 Å². The number of nitrogens with one attached hydrogen (secondary N) is 1. The maximum absolute atomic E-state index is 5.56. The van der Waals surface area contributed by atoms with Crippen molar-refractivity contribution in [3.63, 3.8) is 0 Å². The van der Waals surface area contributed by atoms with E-state index < -0.39 is 0 Å². The molecule has 1 atom stereocenters. The molecular weight excluding hydrogens is 318 g/mol. The van der Waals surface area contributed by atoms with Gasteiger partial charge < -0.3 is 14.8 Å². The number of hydrogen-bond acceptors (Lipinski definition) is 3. The van der Waals surface area contributed by atoms with Gasteiger partial charge in [-0.25, -0.2) is 0 Å². The number of fused-ring (bicyclic) bond motifs is 1. The molecule has 104 valence electrons. The highest BCUT2D eigenvalue weighted by Gasteiger charge is 2.26. The van der Waals surface area contributed by atoms with Crippen LogP contribution in [-0.2, 0) is 6.42 Å². The summed E-state index contributed by atoms with van der Waals surface area (Å²) in [6, 6.07) is 12.6. The molecule has 3 nitrogen and oxygen atoms in total. The van der Waals surface area contributed by atoms with Gasteiger partial charge in [-0.05, 0) is 46.1 Å². The third kappa shape index (κ3) is 2.14. The lowest BCUT2D eigenvalue weighted by Crippen LogP contribution is -2.08. The fourth-order valence-electron chi connectivity index (χ4n) is 2.68. The molecule has 2 aromatic rings. The molecule has 0 aromatic heterocycles. The Balaban J connectivity index is 1.99. The first-order valence-electron chi connectivity index (χ1n) is 6.49. The van der Waals surface area contributed by atoms with Crippen molar-refractivity contribution in [2.75, 3.05) is 19.5 Å². The molecule has 0 spiro atoms. The molecule has 2 aromatic carbocycles. The Morgan fingerprint density at radius 2 is 1.90 bits per heavy atom. The molecule has 1 aliphatic heterocycles. The first-order valence-corrected chi connectivity index (χ1v) is 7.28. The second-order valence-corrected chi connectivity index (χ2v) is 5.56. The van der Waals surface area contributed by atoms with Gasteiger partial charge in [0.15, 0.2) is 0 Å². The Morgan fingerprint density at radius 1 is 1.10 bits per heavy atom. The van der Waals surface area contributed by atoms with Crippen molar-refractivity contribution >= 4 is 21.6 Å². The van der Waals surface area contributed by atoms with Crippen molar-refractivity contribution in [1.29, 1.82) is 0 Å². The topological polar surface area (TPSA) is 30.5 Å². The SMILES string of the molecule is COc1ccc(C2Cc3ccccc3N2)c(OC)c1Br. The number of ether oxygens (including phenoxy) is 2. The average Bonchev–Trinajstić information content (AvgIpc) is 2.90. The summed E-state index contributed by atoms with van der Waals surface area (Å²) < 4.78 is 11.7. The molecule has 0 aliphatic carbocycles. The van der Waals surface area contributed by atoms with Crippen molar-refractivity contribution in [3.8, 4) is 11.5 Å². The molecule has 1 N–H and O–H groups in total. The first-order chi connectivity index (χ1) is 9.74. The Morgan fingerprint density at radius 3 is 2.60 bits per heavy atom. The van der Waals surface area contributed by atoms with Crippen LogP contribution >= 0.6 is 15.9 Å². The predicted octanol–water partition coefficient (Wildman–Crippen LogP) is 4.18. The van der Waals surface area contributed by atoms with E-state index in [0.29, 0.717) is 0 Å². The summed E-state index contributed by atoms with van der Waals surface area (Å²) in [5.41, 5.74) is 3.68. The molecule has 0 saturated heterocycles. The molecular formula is C16H16BrNO2. The summed E-state index contributed by atoms with van der Waals surface area (Å²) in [6.07, 6.45) is 0.964. The molecule has 0 amide bonds. The molecule has 1 aliphatic rings. The van der Waals surface area contributed by atoms with Crippen LogP contribution in [0.25, 0.3) is 0 Å². The maximum Gasteiger partial charge on any atom is 0.142 e. The fraction of sp³-hybridized carbons (Fsp3) is 0.250. The van der Waals surface area contributed by atoms with E-state index in [9.17, 15) is 0 Å². The van der Waals surface area contributed by atoms with Crippen molar-refractivity contribution in [2.24, 2.45) is 0 Å². The number of anilines is 1. The third-order valence-electron chi connectivity index (χ3n) is 3.66. The van der Waals surface area contributed by atoms with Crippen LogP contribution in [0.3, 0.4) is 0 Å². The number of rotatable bonds is 3. The zero-order valence-corrected chi connectivity index (χ0v) is 13.0. The van der Waals surface area contributed by atoms with Gasteiger partial charge in [-0.3, -0.25) is 0 Å². The van der Waals surface area contributed by atoms with Crippen LogP contribution in [0.5, 0.6) is 11.5 Å². The lowest BCUT2D eigenvalue weighted by Gasteiger charge is -2.18. The second kappa shape index (κ2) is 5.37. The van der Waals surface area contributed by atoms with Gasteiger partial charge in [-0.1, -0.05) is 18.2 Å². The molecule has 20 heavy (non-hydrogen) atoms. The van der Waals surface area contributed by atoms with E-state index in [1.807, 2.05) is 6.07 Å². The van der Waals surface area contributed by atoms with E-state index >= 15 is 0 Å². The summed E-state index contributed by atoms with van der Waals surface area (Å²) in [6.45, 7) is 0. The summed E-state index contributed by atoms with van der Waals surface area (Å²) in [5.74, 6) is 1.61. The highest BCUT2D eigenvalue weighted by atomic mass is 79.9. The molecule has 0 bridgehead atoms. The summed E-state index contributed by atoms with van der Waals surface area (Å²) >= 11 is 3.56. The van der Waals surface area contributed by atoms with Crippen LogP contribution in [0.1, 0.15) is 17.2 Å². The van der Waals surface area contributed by atoms with E-state index in [2.05, 4.69) is 51.6 Å². The number of hydrogen-bond donors (Lipinski definition) is 1. The zero-order valence-electron chi connectivity index (χ0n) is 11.4. The molecule has 1 heterocycles. The fourth-order valence-corrected chi connectivity index (χ4v) is 3.36. The molecule has 3 rings (SSSR count). The van der Waals surface area contributed by atoms with E-state index in [4.69, 9.17) is 9.47 Å². The maximum atomic E-state index is 5.56. The van der Waals surface area contributed by atoms with Gasteiger partial charge in [-0.15, -0.1) is 0 Å². The minimum absolute atomic E-state index is 0.226. The minimum atomic E-state index is 0.226. The highest BCUT2D eigenvalue weighted by molar-refractivity contribution is 9.10. The van der Waals surface area contributed by atoms with Gasteiger partial charge in [0.25, 0.3) is 0 Å². The normalized spacial score (nSPS) is 16.4. The predicted molar refractivity (Wildman–Crippen MR) is 83.8 cm³/mol. The molecule has 0 saturated carbocycles. The van der Waals surface area contributed by atoms with Gasteiger partial charge in [0.2, 0.25) is 0 Å². The van der Waals surface area contributed by atoms with Crippen LogP contribution in [0.2, 0.25) is 0 Å². The Labute approximate surface area is 127 Å². The van der Waals surface area contributed by atoms with E-state index in [1.54, 1.807) is 14.2 Å². The quantitative estimate of drug-likeness (QED) is 0.914. The second-order valence-electron chi connectivity index (χ2n) is 4.76.